The molecule has 1 aromatic carbocycles. The summed E-state index contributed by atoms with van der Waals surface area (Å²) in [6.07, 6.45) is 4.17. The van der Waals surface area contributed by atoms with E-state index in [1.807, 2.05) is 12.1 Å². The molecule has 1 heterocycles. The smallest absolute Gasteiger partial charge is 0.197 e. The van der Waals surface area contributed by atoms with Gasteiger partial charge in [0.25, 0.3) is 0 Å². The van der Waals surface area contributed by atoms with Gasteiger partial charge in [-0.2, -0.15) is 0 Å². The standard InChI is InChI=1S/C13H16N2O/c1-9-3-4-10-11(7-9)16-12(15-10)8-13(14)5-2-6-13/h3-4,7H,2,5-6,8,14H2,1H3. The third kappa shape index (κ3) is 1.61. The number of benzene rings is 1. The number of nitrogens with zero attached hydrogens (tertiary/aromatic N) is 1. The fraction of sp³-hybridized carbons (Fsp3) is 0.462. The van der Waals surface area contributed by atoms with Crippen molar-refractivity contribution in [2.24, 2.45) is 5.73 Å². The van der Waals surface area contributed by atoms with Crippen LogP contribution in [0.4, 0.5) is 0 Å². The zero-order chi connectivity index (χ0) is 11.2. The summed E-state index contributed by atoms with van der Waals surface area (Å²) in [7, 11) is 0. The van der Waals surface area contributed by atoms with E-state index >= 15 is 0 Å². The van der Waals surface area contributed by atoms with Gasteiger partial charge >= 0.3 is 0 Å². The Morgan fingerprint density at radius 2 is 2.25 bits per heavy atom. The molecule has 0 radical (unpaired) electrons. The van der Waals surface area contributed by atoms with E-state index in [0.29, 0.717) is 0 Å². The summed E-state index contributed by atoms with van der Waals surface area (Å²) in [5.74, 6) is 0.780. The SMILES string of the molecule is Cc1ccc2nc(CC3(N)CCC3)oc2c1. The number of rotatable bonds is 2. The molecule has 1 fully saturated rings. The maximum atomic E-state index is 6.19. The first-order valence-corrected chi connectivity index (χ1v) is 5.80. The topological polar surface area (TPSA) is 52.0 Å². The van der Waals surface area contributed by atoms with Crippen molar-refractivity contribution >= 4 is 11.1 Å². The molecule has 1 aromatic heterocycles. The predicted molar refractivity (Wildman–Crippen MR) is 63.2 cm³/mol. The quantitative estimate of drug-likeness (QED) is 0.839. The second-order valence-corrected chi connectivity index (χ2v) is 4.97. The summed E-state index contributed by atoms with van der Waals surface area (Å²) in [6.45, 7) is 2.05. The van der Waals surface area contributed by atoms with Crippen molar-refractivity contribution < 1.29 is 4.42 Å². The first-order valence-electron chi connectivity index (χ1n) is 5.80. The van der Waals surface area contributed by atoms with Gasteiger partial charge in [-0.25, -0.2) is 4.98 Å². The first kappa shape index (κ1) is 9.85. The van der Waals surface area contributed by atoms with Gasteiger partial charge in [0.2, 0.25) is 0 Å². The number of aryl methyl sites for hydroxylation is 1. The van der Waals surface area contributed by atoms with E-state index in [4.69, 9.17) is 10.2 Å². The average molecular weight is 216 g/mol. The van der Waals surface area contributed by atoms with Crippen LogP contribution in [0.15, 0.2) is 22.6 Å². The molecule has 2 aromatic rings. The van der Waals surface area contributed by atoms with E-state index in [2.05, 4.69) is 18.0 Å². The zero-order valence-corrected chi connectivity index (χ0v) is 9.49. The van der Waals surface area contributed by atoms with Gasteiger partial charge in [0.05, 0.1) is 0 Å². The van der Waals surface area contributed by atoms with Gasteiger partial charge in [-0.3, -0.25) is 0 Å². The lowest BCUT2D eigenvalue weighted by Crippen LogP contribution is -2.48. The third-order valence-corrected chi connectivity index (χ3v) is 3.44. The fourth-order valence-electron chi connectivity index (χ4n) is 2.26. The van der Waals surface area contributed by atoms with Gasteiger partial charge in [0.15, 0.2) is 11.5 Å². The Bertz CT molecular complexity index is 526. The van der Waals surface area contributed by atoms with E-state index in [-0.39, 0.29) is 5.54 Å². The van der Waals surface area contributed by atoms with Crippen molar-refractivity contribution in [1.82, 2.24) is 4.98 Å². The summed E-state index contributed by atoms with van der Waals surface area (Å²) in [5, 5.41) is 0. The summed E-state index contributed by atoms with van der Waals surface area (Å²) < 4.78 is 5.73. The molecule has 3 nitrogen and oxygen atoms in total. The van der Waals surface area contributed by atoms with Crippen molar-refractivity contribution in [2.45, 2.75) is 38.1 Å². The first-order chi connectivity index (χ1) is 7.65. The molecule has 0 bridgehead atoms. The molecule has 3 rings (SSSR count). The number of hydrogen-bond donors (Lipinski definition) is 1. The Labute approximate surface area is 94.7 Å². The molecule has 3 heteroatoms. The predicted octanol–water partition coefficient (Wildman–Crippen LogP) is 2.56. The van der Waals surface area contributed by atoms with Crippen molar-refractivity contribution in [2.75, 3.05) is 0 Å². The van der Waals surface area contributed by atoms with Crippen LogP contribution in [0, 0.1) is 6.92 Å². The molecule has 16 heavy (non-hydrogen) atoms. The van der Waals surface area contributed by atoms with Crippen LogP contribution in [0.25, 0.3) is 11.1 Å². The van der Waals surface area contributed by atoms with E-state index in [0.717, 1.165) is 36.3 Å². The molecule has 1 aliphatic carbocycles. The lowest BCUT2D eigenvalue weighted by molar-refractivity contribution is 0.232. The van der Waals surface area contributed by atoms with Gasteiger partial charge in [0, 0.05) is 12.0 Å². The summed E-state index contributed by atoms with van der Waals surface area (Å²) in [5.41, 5.74) is 9.13. The van der Waals surface area contributed by atoms with Gasteiger partial charge in [-0.05, 0) is 43.9 Å². The molecule has 2 N–H and O–H groups in total. The molecule has 1 saturated carbocycles. The van der Waals surface area contributed by atoms with Crippen LogP contribution in [0.3, 0.4) is 0 Å². The highest BCUT2D eigenvalue weighted by atomic mass is 16.3. The second kappa shape index (κ2) is 3.32. The molecular weight excluding hydrogens is 200 g/mol. The maximum Gasteiger partial charge on any atom is 0.197 e. The van der Waals surface area contributed by atoms with E-state index < -0.39 is 0 Å². The van der Waals surface area contributed by atoms with Crippen LogP contribution < -0.4 is 5.73 Å². The Kier molecular flexibility index (Phi) is 2.04. The number of fused-ring (bicyclic) bond motifs is 1. The van der Waals surface area contributed by atoms with Crippen molar-refractivity contribution in [3.63, 3.8) is 0 Å². The molecule has 0 aliphatic heterocycles. The van der Waals surface area contributed by atoms with Crippen LogP contribution in [0.5, 0.6) is 0 Å². The molecule has 0 amide bonds. The van der Waals surface area contributed by atoms with Crippen LogP contribution in [-0.4, -0.2) is 10.5 Å². The van der Waals surface area contributed by atoms with Crippen LogP contribution in [0.2, 0.25) is 0 Å². The minimum Gasteiger partial charge on any atom is -0.441 e. The molecule has 84 valence electrons. The third-order valence-electron chi connectivity index (χ3n) is 3.44. The van der Waals surface area contributed by atoms with Crippen molar-refractivity contribution in [1.29, 1.82) is 0 Å². The summed E-state index contributed by atoms with van der Waals surface area (Å²) >= 11 is 0. The average Bonchev–Trinajstić information content (AvgIpc) is 2.56. The highest BCUT2D eigenvalue weighted by Gasteiger charge is 2.34. The van der Waals surface area contributed by atoms with Crippen molar-refractivity contribution in [3.05, 3.63) is 29.7 Å². The molecule has 1 aliphatic rings. The number of nitrogens with two attached hydrogens (primary N) is 1. The Balaban J connectivity index is 1.93. The fourth-order valence-corrected chi connectivity index (χ4v) is 2.26. The van der Waals surface area contributed by atoms with Gasteiger partial charge in [-0.1, -0.05) is 6.07 Å². The second-order valence-electron chi connectivity index (χ2n) is 4.97. The molecular formula is C13H16N2O. The van der Waals surface area contributed by atoms with Gasteiger partial charge in [0.1, 0.15) is 5.52 Å². The van der Waals surface area contributed by atoms with E-state index in [1.165, 1.54) is 12.0 Å². The zero-order valence-electron chi connectivity index (χ0n) is 9.49. The van der Waals surface area contributed by atoms with Crippen LogP contribution in [0.1, 0.15) is 30.7 Å². The lowest BCUT2D eigenvalue weighted by atomic mass is 9.75. The largest absolute Gasteiger partial charge is 0.441 e. The lowest BCUT2D eigenvalue weighted by Gasteiger charge is -2.36. The number of aromatic nitrogens is 1. The minimum absolute atomic E-state index is 0.0596. The Morgan fingerprint density at radius 3 is 2.94 bits per heavy atom. The summed E-state index contributed by atoms with van der Waals surface area (Å²) in [6, 6.07) is 6.08. The normalized spacial score (nSPS) is 18.6. The van der Waals surface area contributed by atoms with Gasteiger partial charge < -0.3 is 10.2 Å². The highest BCUT2D eigenvalue weighted by Crippen LogP contribution is 2.32. The Morgan fingerprint density at radius 1 is 1.44 bits per heavy atom. The highest BCUT2D eigenvalue weighted by molar-refractivity contribution is 5.73. The monoisotopic (exact) mass is 216 g/mol. The molecule has 0 atom stereocenters. The van der Waals surface area contributed by atoms with Crippen molar-refractivity contribution in [3.8, 4) is 0 Å². The molecule has 0 spiro atoms. The Hall–Kier alpha value is -1.35. The van der Waals surface area contributed by atoms with E-state index in [1.54, 1.807) is 0 Å². The van der Waals surface area contributed by atoms with Gasteiger partial charge in [-0.15, -0.1) is 0 Å². The number of oxazole rings is 1. The van der Waals surface area contributed by atoms with E-state index in [9.17, 15) is 0 Å². The molecule has 0 unspecified atom stereocenters. The number of hydrogen-bond acceptors (Lipinski definition) is 3. The van der Waals surface area contributed by atoms with Crippen LogP contribution in [-0.2, 0) is 6.42 Å². The van der Waals surface area contributed by atoms with Crippen LogP contribution >= 0.6 is 0 Å². The maximum absolute atomic E-state index is 6.19. The summed E-state index contributed by atoms with van der Waals surface area (Å²) in [4.78, 5) is 4.47. The molecule has 0 saturated heterocycles. The minimum atomic E-state index is -0.0596.